The van der Waals surface area contributed by atoms with Crippen molar-refractivity contribution < 1.29 is 23.5 Å². The van der Waals surface area contributed by atoms with Gasteiger partial charge in [-0.1, -0.05) is 44.3 Å². The number of aromatic nitrogens is 4. The molecule has 2 amide bonds. The van der Waals surface area contributed by atoms with Gasteiger partial charge in [-0.25, -0.2) is 4.39 Å². The number of nitrogens with zero attached hydrogens (tertiary/aromatic N) is 13. The van der Waals surface area contributed by atoms with Crippen LogP contribution in [-0.2, 0) is 54.5 Å². The van der Waals surface area contributed by atoms with Crippen LogP contribution in [0.2, 0.25) is 0 Å². The van der Waals surface area contributed by atoms with E-state index in [1.165, 1.54) is 29.0 Å². The second-order valence-corrected chi connectivity index (χ2v) is 25.5. The number of nitriles is 2. The first-order chi connectivity index (χ1) is 40.1. The van der Waals surface area contributed by atoms with E-state index in [0.717, 1.165) is 135 Å². The molecule has 1 unspecified atom stereocenters. The lowest BCUT2D eigenvalue weighted by Gasteiger charge is -2.44. The first-order valence-electron chi connectivity index (χ1n) is 30.2. The Morgan fingerprint density at radius 3 is 1.93 bits per heavy atom. The van der Waals surface area contributed by atoms with Gasteiger partial charge in [0.25, 0.3) is 0 Å². The van der Waals surface area contributed by atoms with E-state index in [1.807, 2.05) is 6.07 Å². The fourth-order valence-corrected chi connectivity index (χ4v) is 15.1. The van der Waals surface area contributed by atoms with Gasteiger partial charge in [-0.3, -0.25) is 14.5 Å². The lowest BCUT2D eigenvalue weighted by molar-refractivity contribution is -0.129. The van der Waals surface area contributed by atoms with Crippen LogP contribution in [0, 0.1) is 39.3 Å². The highest BCUT2D eigenvalue weighted by Gasteiger charge is 2.43. The molecule has 1 spiro atoms. The van der Waals surface area contributed by atoms with Crippen molar-refractivity contribution >= 4 is 29.1 Å². The Labute approximate surface area is 489 Å². The van der Waals surface area contributed by atoms with Gasteiger partial charge in [-0.05, 0) is 167 Å². The molecule has 2 aromatic heterocycles. The minimum Gasteiger partial charge on any atom is -0.462 e. The summed E-state index contributed by atoms with van der Waals surface area (Å²) in [7, 11) is 8.58. The maximum absolute atomic E-state index is 15.0. The highest BCUT2D eigenvalue weighted by atomic mass is 19.1. The van der Waals surface area contributed by atoms with Crippen molar-refractivity contribution in [1.82, 2.24) is 39.5 Å². The number of benzene rings is 2. The predicted molar refractivity (Wildman–Crippen MR) is 318 cm³/mol. The molecular formula is C65H82FN13O4. The lowest BCUT2D eigenvalue weighted by atomic mass is 9.63. The standard InChI is InChI=1S/C65H82FN13O4/c1-8-58(80)78-30-28-76(39-47(78)20-25-67)60-52-17-22-64(3,36-55(52)69-62(71-60)82-41-49-13-11-27-74(49)6)34-45-32-43(15-16-57(45)73(4)5)46-33-50(75(7)38-46)42-83-63-70-56-37-65(23-18-51-44(35-65)12-10-14-54(51)66)24-19-53(56)61(72-63)77-29-31-79(59(81)9-2)48(40-77)21-26-68/h8-10,12,14-16,32,46-50H,1-2,11,13,17-24,27-31,33-42H2,3-7H3/t46?,47-,48-,49-,50-,64-,65+/m0/s1. The predicted octanol–water partition coefficient (Wildman–Crippen LogP) is 7.45. The third-order valence-electron chi connectivity index (χ3n) is 19.8. The summed E-state index contributed by atoms with van der Waals surface area (Å²) in [5.74, 6) is 1.52. The van der Waals surface area contributed by atoms with Crippen LogP contribution in [0.5, 0.6) is 12.0 Å². The molecule has 6 heterocycles. The van der Waals surface area contributed by atoms with Crippen molar-refractivity contribution in [3.63, 3.8) is 0 Å². The number of anilines is 3. The Bertz CT molecular complexity index is 3210. The van der Waals surface area contributed by atoms with Crippen LogP contribution < -0.4 is 24.2 Å². The summed E-state index contributed by atoms with van der Waals surface area (Å²) in [5, 5.41) is 19.7. The molecule has 4 fully saturated rings. The summed E-state index contributed by atoms with van der Waals surface area (Å²) in [4.78, 5) is 61.6. The van der Waals surface area contributed by atoms with Gasteiger partial charge < -0.3 is 38.9 Å². The fraction of sp³-hybridized carbons (Fsp3) is 0.569. The molecule has 18 heteroatoms. The van der Waals surface area contributed by atoms with Gasteiger partial charge in [0, 0.05) is 88.8 Å². The summed E-state index contributed by atoms with van der Waals surface area (Å²) in [6.07, 6.45) is 14.4. The number of carbonyl (C=O) groups excluding carboxylic acids is 2. The molecule has 0 bridgehead atoms. The van der Waals surface area contributed by atoms with E-state index in [0.29, 0.717) is 77.0 Å². The largest absolute Gasteiger partial charge is 0.462 e. The first-order valence-corrected chi connectivity index (χ1v) is 30.2. The minimum absolute atomic E-state index is 0.0493. The van der Waals surface area contributed by atoms with Crippen molar-refractivity contribution in [3.05, 3.63) is 112 Å². The monoisotopic (exact) mass is 1130 g/mol. The number of halogens is 1. The second kappa shape index (κ2) is 24.2. The molecule has 4 aromatic rings. The summed E-state index contributed by atoms with van der Waals surface area (Å²) in [6.45, 7) is 15.7. The minimum atomic E-state index is -0.307. The van der Waals surface area contributed by atoms with E-state index in [2.05, 4.69) is 109 Å². The molecule has 7 atom stereocenters. The van der Waals surface area contributed by atoms with Crippen LogP contribution in [0.1, 0.15) is 109 Å². The third-order valence-corrected chi connectivity index (χ3v) is 19.8. The highest BCUT2D eigenvalue weighted by Crippen LogP contribution is 2.48. The van der Waals surface area contributed by atoms with Crippen LogP contribution in [-0.4, -0.2) is 169 Å². The normalized spacial score (nSPS) is 26.1. The number of likely N-dealkylation sites (tertiary alicyclic amines) is 2. The summed E-state index contributed by atoms with van der Waals surface area (Å²) in [5.41, 5.74) is 9.82. The van der Waals surface area contributed by atoms with E-state index in [9.17, 15) is 24.5 Å². The van der Waals surface area contributed by atoms with Crippen molar-refractivity contribution in [2.45, 2.75) is 133 Å². The van der Waals surface area contributed by atoms with E-state index in [4.69, 9.17) is 29.4 Å². The molecule has 7 aliphatic rings. The fourth-order valence-electron chi connectivity index (χ4n) is 15.1. The number of rotatable bonds is 16. The molecular weight excluding hydrogens is 1050 g/mol. The smallest absolute Gasteiger partial charge is 0.318 e. The van der Waals surface area contributed by atoms with Crippen molar-refractivity contribution in [1.29, 1.82) is 10.5 Å². The first kappa shape index (κ1) is 57.7. The Morgan fingerprint density at radius 2 is 1.34 bits per heavy atom. The number of carbonyl (C=O) groups is 2. The third kappa shape index (κ3) is 12.0. The molecule has 2 aromatic carbocycles. The Kier molecular flexibility index (Phi) is 16.8. The molecule has 83 heavy (non-hydrogen) atoms. The Balaban J connectivity index is 0.821. The molecule has 17 nitrogen and oxygen atoms in total. The zero-order valence-corrected chi connectivity index (χ0v) is 49.4. The number of hydrogen-bond acceptors (Lipinski definition) is 15. The van der Waals surface area contributed by atoms with Crippen LogP contribution in [0.3, 0.4) is 0 Å². The molecule has 4 aliphatic heterocycles. The van der Waals surface area contributed by atoms with E-state index in [-0.39, 0.29) is 65.3 Å². The topological polar surface area (TPSA) is 174 Å². The molecule has 11 rings (SSSR count). The summed E-state index contributed by atoms with van der Waals surface area (Å²) >= 11 is 0. The van der Waals surface area contributed by atoms with Gasteiger partial charge in [0.2, 0.25) is 11.8 Å². The van der Waals surface area contributed by atoms with Crippen molar-refractivity contribution in [2.75, 3.05) is 108 Å². The van der Waals surface area contributed by atoms with E-state index < -0.39 is 0 Å². The number of likely N-dealkylation sites (N-methyl/N-ethyl adjacent to an activating group) is 2. The SMILES string of the molecule is C=CC(=O)N1CCN(c2nc(OC[C@@H]3CCCN3C)nc3c2CC[C@@](C)(Cc2cc(C4C[C@@H](COc5nc6c(c(N7CCN(C(=O)C=C)[C@@H](CC#N)C7)n5)CC[C@@]5(CCc7c(F)cccc7C5)C6)N(C)C4)ccc2N(C)C)C3)C[C@@H]1CC#N. The summed E-state index contributed by atoms with van der Waals surface area (Å²) in [6, 6.07) is 17.7. The summed E-state index contributed by atoms with van der Waals surface area (Å²) < 4.78 is 28.3. The molecule has 438 valence electrons. The number of hydrogen-bond donors (Lipinski definition) is 0. The van der Waals surface area contributed by atoms with Gasteiger partial charge in [0.15, 0.2) is 0 Å². The van der Waals surface area contributed by atoms with Crippen LogP contribution >= 0.6 is 0 Å². The Morgan fingerprint density at radius 1 is 0.735 bits per heavy atom. The molecule has 3 aliphatic carbocycles. The highest BCUT2D eigenvalue weighted by molar-refractivity contribution is 5.88. The van der Waals surface area contributed by atoms with Gasteiger partial charge in [0.05, 0.1) is 48.5 Å². The van der Waals surface area contributed by atoms with Crippen molar-refractivity contribution in [2.24, 2.45) is 10.8 Å². The van der Waals surface area contributed by atoms with Crippen molar-refractivity contribution in [3.8, 4) is 24.2 Å². The number of amides is 2. The Hall–Kier alpha value is -7.15. The average molecular weight is 1130 g/mol. The van der Waals surface area contributed by atoms with Crippen LogP contribution in [0.4, 0.5) is 21.7 Å². The maximum atomic E-state index is 15.0. The second-order valence-electron chi connectivity index (χ2n) is 25.5. The number of piperazine rings is 2. The molecule has 4 saturated heterocycles. The lowest BCUT2D eigenvalue weighted by Crippen LogP contribution is -2.55. The number of fused-ring (bicyclic) bond motifs is 3. The van der Waals surface area contributed by atoms with Gasteiger partial charge >= 0.3 is 12.0 Å². The quantitative estimate of drug-likeness (QED) is 0.101. The zero-order valence-electron chi connectivity index (χ0n) is 49.4. The van der Waals surface area contributed by atoms with Gasteiger partial charge in [-0.2, -0.15) is 30.5 Å². The molecule has 0 N–H and O–H groups in total. The van der Waals surface area contributed by atoms with E-state index >= 15 is 0 Å². The number of ether oxygens (including phenoxy) is 2. The zero-order chi connectivity index (χ0) is 58.2. The van der Waals surface area contributed by atoms with Gasteiger partial charge in [-0.15, -0.1) is 0 Å². The van der Waals surface area contributed by atoms with Gasteiger partial charge in [0.1, 0.15) is 30.7 Å². The molecule has 0 radical (unpaired) electrons. The van der Waals surface area contributed by atoms with E-state index in [1.54, 1.807) is 15.9 Å². The maximum Gasteiger partial charge on any atom is 0.318 e. The average Bonchev–Trinajstić information content (AvgIpc) is 4.13. The van der Waals surface area contributed by atoms with Crippen LogP contribution in [0.15, 0.2) is 61.7 Å². The van der Waals surface area contributed by atoms with Crippen LogP contribution in [0.25, 0.3) is 0 Å². The molecule has 0 saturated carbocycles.